The van der Waals surface area contributed by atoms with Gasteiger partial charge in [-0.15, -0.1) is 0 Å². The highest BCUT2D eigenvalue weighted by Gasteiger charge is 2.39. The molecule has 0 aromatic heterocycles. The Balaban J connectivity index is 2.52. The van der Waals surface area contributed by atoms with Crippen molar-refractivity contribution in [2.24, 2.45) is 0 Å². The predicted octanol–water partition coefficient (Wildman–Crippen LogP) is 5.32. The Morgan fingerprint density at radius 3 is 1.73 bits per heavy atom. The molecule has 0 heterocycles. The summed E-state index contributed by atoms with van der Waals surface area (Å²) < 4.78 is 0. The van der Waals surface area contributed by atoms with Gasteiger partial charge in [-0.05, 0) is 44.2 Å². The summed E-state index contributed by atoms with van der Waals surface area (Å²) in [5, 5.41) is 4.29. The average molecular weight is 307 g/mol. The van der Waals surface area contributed by atoms with E-state index < -0.39 is 7.26 Å². The van der Waals surface area contributed by atoms with Crippen LogP contribution in [0, 0.1) is 0 Å². The zero-order valence-electron chi connectivity index (χ0n) is 13.6. The molecule has 0 aliphatic carbocycles. The van der Waals surface area contributed by atoms with E-state index in [4.69, 9.17) is 0 Å². The van der Waals surface area contributed by atoms with Gasteiger partial charge in [0.15, 0.2) is 0 Å². The Morgan fingerprint density at radius 2 is 1.27 bits per heavy atom. The van der Waals surface area contributed by atoms with Crippen LogP contribution in [0.2, 0.25) is 0 Å². The van der Waals surface area contributed by atoms with Crippen LogP contribution in [0.3, 0.4) is 0 Å². The maximum Gasteiger partial charge on any atom is 0.104 e. The molecule has 0 aliphatic rings. The minimum absolute atomic E-state index is 1.43. The molecule has 0 saturated heterocycles. The van der Waals surface area contributed by atoms with Gasteiger partial charge in [-0.25, -0.2) is 0 Å². The molecular formula is C21H24P+. The number of rotatable bonds is 5. The third kappa shape index (κ3) is 3.64. The fourth-order valence-electron chi connectivity index (χ4n) is 2.53. The van der Waals surface area contributed by atoms with Crippen molar-refractivity contribution >= 4 is 17.9 Å². The van der Waals surface area contributed by atoms with E-state index in [1.165, 1.54) is 15.9 Å². The normalized spacial score (nSPS) is 13.1. The summed E-state index contributed by atoms with van der Waals surface area (Å²) in [6.07, 6.45) is 10.6. The summed E-state index contributed by atoms with van der Waals surface area (Å²) in [4.78, 5) is 0. The summed E-state index contributed by atoms with van der Waals surface area (Å²) >= 11 is 0. The fraction of sp³-hybridized carbons (Fsp3) is 0.143. The van der Waals surface area contributed by atoms with Crippen molar-refractivity contribution in [3.05, 3.63) is 96.4 Å². The summed E-state index contributed by atoms with van der Waals surface area (Å²) in [6, 6.07) is 21.8. The lowest BCUT2D eigenvalue weighted by molar-refractivity contribution is 1.61. The Morgan fingerprint density at radius 1 is 0.773 bits per heavy atom. The molecule has 0 spiro atoms. The maximum atomic E-state index is 2.41. The van der Waals surface area contributed by atoms with Crippen molar-refractivity contribution in [2.75, 3.05) is 6.66 Å². The van der Waals surface area contributed by atoms with Gasteiger partial charge >= 0.3 is 0 Å². The molecule has 2 aromatic carbocycles. The van der Waals surface area contributed by atoms with Crippen LogP contribution in [0.25, 0.3) is 0 Å². The van der Waals surface area contributed by atoms with Gasteiger partial charge in [0.1, 0.15) is 17.9 Å². The minimum atomic E-state index is -1.53. The number of hydrogen-bond donors (Lipinski definition) is 0. The van der Waals surface area contributed by atoms with E-state index in [9.17, 15) is 0 Å². The quantitative estimate of drug-likeness (QED) is 0.518. The molecule has 22 heavy (non-hydrogen) atoms. The van der Waals surface area contributed by atoms with E-state index in [1.54, 1.807) is 0 Å². The third-order valence-electron chi connectivity index (χ3n) is 4.00. The highest BCUT2D eigenvalue weighted by Crippen LogP contribution is 2.59. The van der Waals surface area contributed by atoms with E-state index in [2.05, 4.69) is 98.6 Å². The predicted molar refractivity (Wildman–Crippen MR) is 103 cm³/mol. The van der Waals surface area contributed by atoms with Crippen molar-refractivity contribution in [2.45, 2.75) is 13.8 Å². The molecule has 0 nitrogen and oxygen atoms in total. The van der Waals surface area contributed by atoms with E-state index >= 15 is 0 Å². The first-order valence-corrected chi connectivity index (χ1v) is 9.87. The van der Waals surface area contributed by atoms with E-state index in [1.807, 2.05) is 13.0 Å². The molecule has 112 valence electrons. The van der Waals surface area contributed by atoms with Crippen LogP contribution in [0.4, 0.5) is 0 Å². The molecule has 0 unspecified atom stereocenters. The Bertz CT molecular complexity index is 624. The lowest BCUT2D eigenvalue weighted by Gasteiger charge is -2.23. The molecule has 0 amide bonds. The zero-order valence-corrected chi connectivity index (χ0v) is 14.5. The third-order valence-corrected chi connectivity index (χ3v) is 8.22. The summed E-state index contributed by atoms with van der Waals surface area (Å²) in [7, 11) is -1.53. The maximum absolute atomic E-state index is 2.41. The highest BCUT2D eigenvalue weighted by molar-refractivity contribution is 7.92. The molecule has 0 aliphatic heterocycles. The Hall–Kier alpha value is -1.91. The molecule has 2 aromatic rings. The highest BCUT2D eigenvalue weighted by atomic mass is 31.2. The van der Waals surface area contributed by atoms with Gasteiger partial charge in [0, 0.05) is 0 Å². The Kier molecular flexibility index (Phi) is 5.92. The van der Waals surface area contributed by atoms with Gasteiger partial charge in [-0.2, -0.15) is 0 Å². The second kappa shape index (κ2) is 7.92. The van der Waals surface area contributed by atoms with E-state index in [-0.39, 0.29) is 0 Å². The van der Waals surface area contributed by atoms with Gasteiger partial charge in [0.25, 0.3) is 0 Å². The van der Waals surface area contributed by atoms with Crippen LogP contribution in [-0.4, -0.2) is 6.66 Å². The minimum Gasteiger partial charge on any atom is -0.0877 e. The largest absolute Gasteiger partial charge is 0.104 e. The molecule has 0 saturated carbocycles. The van der Waals surface area contributed by atoms with Gasteiger partial charge in [0.2, 0.25) is 0 Å². The molecule has 2 rings (SSSR count). The fourth-order valence-corrected chi connectivity index (χ4v) is 5.56. The molecule has 0 bridgehead atoms. The SMILES string of the molecule is C\C=C/C=C\C=C(/C)[P+](C)(c1ccccc1)c1ccccc1. The molecule has 0 radical (unpaired) electrons. The lowest BCUT2D eigenvalue weighted by atomic mass is 10.4. The second-order valence-corrected chi connectivity index (χ2v) is 9.15. The lowest BCUT2D eigenvalue weighted by Crippen LogP contribution is -2.21. The molecule has 1 heteroatoms. The van der Waals surface area contributed by atoms with Gasteiger partial charge in [-0.1, -0.05) is 60.7 Å². The standard InChI is InChI=1S/C21H24P/c1-4-5-6-9-14-19(2)22(3,20-15-10-7-11-16-20)21-17-12-8-13-18-21/h4-18H,1-3H3/q+1/b5-4-,9-6-,19-14+. The summed E-state index contributed by atoms with van der Waals surface area (Å²) in [6.45, 7) is 6.70. The first-order valence-electron chi connectivity index (χ1n) is 7.64. The topological polar surface area (TPSA) is 0 Å². The van der Waals surface area contributed by atoms with Crippen LogP contribution in [-0.2, 0) is 0 Å². The molecule has 0 N–H and O–H groups in total. The van der Waals surface area contributed by atoms with Crippen LogP contribution >= 0.6 is 7.26 Å². The van der Waals surface area contributed by atoms with Crippen molar-refractivity contribution in [3.8, 4) is 0 Å². The van der Waals surface area contributed by atoms with Crippen molar-refractivity contribution in [1.29, 1.82) is 0 Å². The number of allylic oxidation sites excluding steroid dienone is 6. The van der Waals surface area contributed by atoms with Crippen molar-refractivity contribution < 1.29 is 0 Å². The van der Waals surface area contributed by atoms with Gasteiger partial charge in [0.05, 0.1) is 12.0 Å². The Labute approximate surface area is 135 Å². The molecule has 0 fully saturated rings. The van der Waals surface area contributed by atoms with E-state index in [0.29, 0.717) is 0 Å². The number of hydrogen-bond acceptors (Lipinski definition) is 0. The number of benzene rings is 2. The second-order valence-electron chi connectivity index (χ2n) is 5.40. The molecule has 0 atom stereocenters. The summed E-state index contributed by atoms with van der Waals surface area (Å²) in [5.74, 6) is 0. The first-order chi connectivity index (χ1) is 10.7. The van der Waals surface area contributed by atoms with Crippen LogP contribution < -0.4 is 10.6 Å². The monoisotopic (exact) mass is 307 g/mol. The molecular weight excluding hydrogens is 283 g/mol. The van der Waals surface area contributed by atoms with Crippen LogP contribution in [0.5, 0.6) is 0 Å². The first kappa shape index (κ1) is 16.5. The average Bonchev–Trinajstić information content (AvgIpc) is 2.59. The van der Waals surface area contributed by atoms with Crippen LogP contribution in [0.1, 0.15) is 13.8 Å². The summed E-state index contributed by atoms with van der Waals surface area (Å²) in [5.41, 5.74) is 0. The van der Waals surface area contributed by atoms with Crippen molar-refractivity contribution in [3.63, 3.8) is 0 Å². The van der Waals surface area contributed by atoms with E-state index in [0.717, 1.165) is 0 Å². The van der Waals surface area contributed by atoms with Crippen molar-refractivity contribution in [1.82, 2.24) is 0 Å². The smallest absolute Gasteiger partial charge is 0.0877 e. The van der Waals surface area contributed by atoms with Crippen LogP contribution in [0.15, 0.2) is 96.4 Å². The van der Waals surface area contributed by atoms with Gasteiger partial charge < -0.3 is 0 Å². The zero-order chi connectivity index (χ0) is 15.8. The van der Waals surface area contributed by atoms with Gasteiger partial charge in [-0.3, -0.25) is 0 Å².